The molecule has 1 aliphatic rings. The van der Waals surface area contributed by atoms with Gasteiger partial charge in [0, 0.05) is 25.2 Å². The van der Waals surface area contributed by atoms with Crippen molar-refractivity contribution in [3.8, 4) is 0 Å². The van der Waals surface area contributed by atoms with Gasteiger partial charge in [0.2, 0.25) is 0 Å². The fourth-order valence-corrected chi connectivity index (χ4v) is 4.97. The quantitative estimate of drug-likeness (QED) is 0.386. The van der Waals surface area contributed by atoms with Gasteiger partial charge in [0.25, 0.3) is 0 Å². The minimum atomic E-state index is 0.184. The summed E-state index contributed by atoms with van der Waals surface area (Å²) in [6, 6.07) is 8.27. The SMILES string of the molecule is CC(C)=C(N)NCCC(C)NC(C)Cc1cc(C(C)(C)CC(C)C)cc(C2(C)CN2C)c1. The van der Waals surface area contributed by atoms with E-state index in [1.165, 1.54) is 23.1 Å². The smallest absolute Gasteiger partial charge is 0.0946 e. The Labute approximate surface area is 198 Å². The van der Waals surface area contributed by atoms with Gasteiger partial charge in [-0.3, -0.25) is 4.90 Å². The van der Waals surface area contributed by atoms with Crippen LogP contribution in [0.5, 0.6) is 0 Å². The minimum absolute atomic E-state index is 0.184. The predicted molar refractivity (Wildman–Crippen MR) is 140 cm³/mol. The van der Waals surface area contributed by atoms with E-state index in [0.717, 1.165) is 37.3 Å². The predicted octanol–water partition coefficient (Wildman–Crippen LogP) is 5.27. The van der Waals surface area contributed by atoms with Crippen LogP contribution in [-0.2, 0) is 17.4 Å². The molecule has 0 saturated carbocycles. The van der Waals surface area contributed by atoms with Crippen molar-refractivity contribution >= 4 is 0 Å². The molecule has 0 bridgehead atoms. The number of nitrogens with two attached hydrogens (primary N) is 1. The first-order valence-electron chi connectivity index (χ1n) is 12.5. The van der Waals surface area contributed by atoms with Gasteiger partial charge in [-0.25, -0.2) is 0 Å². The summed E-state index contributed by atoms with van der Waals surface area (Å²) in [5.74, 6) is 1.49. The van der Waals surface area contributed by atoms with E-state index >= 15 is 0 Å². The zero-order chi connectivity index (χ0) is 24.3. The van der Waals surface area contributed by atoms with E-state index in [4.69, 9.17) is 5.73 Å². The van der Waals surface area contributed by atoms with Gasteiger partial charge in [-0.15, -0.1) is 0 Å². The van der Waals surface area contributed by atoms with E-state index in [9.17, 15) is 0 Å². The maximum Gasteiger partial charge on any atom is 0.0946 e. The number of nitrogens with zero attached hydrogens (tertiary/aromatic N) is 1. The molecule has 2 rings (SSSR count). The summed E-state index contributed by atoms with van der Waals surface area (Å²) < 4.78 is 0. The summed E-state index contributed by atoms with van der Waals surface area (Å²) in [7, 11) is 2.23. The van der Waals surface area contributed by atoms with E-state index in [2.05, 4.69) is 89.2 Å². The molecule has 1 saturated heterocycles. The Bertz CT molecular complexity index is 791. The number of allylic oxidation sites excluding steroid dienone is 1. The Balaban J connectivity index is 2.10. The third kappa shape index (κ3) is 7.25. The van der Waals surface area contributed by atoms with Gasteiger partial charge >= 0.3 is 0 Å². The maximum atomic E-state index is 5.99. The molecule has 4 unspecified atom stereocenters. The van der Waals surface area contributed by atoms with Crippen LogP contribution in [0, 0.1) is 5.92 Å². The Kier molecular flexibility index (Phi) is 8.86. The number of likely N-dealkylation sites (N-methyl/N-ethyl adjacent to an activating group) is 1. The summed E-state index contributed by atoms with van der Waals surface area (Å²) in [5, 5.41) is 7.12. The monoisotopic (exact) mass is 442 g/mol. The van der Waals surface area contributed by atoms with Gasteiger partial charge in [-0.1, -0.05) is 45.9 Å². The molecule has 4 atom stereocenters. The summed E-state index contributed by atoms with van der Waals surface area (Å²) in [5.41, 5.74) is 11.9. The Morgan fingerprint density at radius 3 is 2.28 bits per heavy atom. The number of hydrogen-bond acceptors (Lipinski definition) is 4. The summed E-state index contributed by atoms with van der Waals surface area (Å²) >= 11 is 0. The molecule has 4 N–H and O–H groups in total. The van der Waals surface area contributed by atoms with Crippen LogP contribution in [0.25, 0.3) is 0 Å². The molecule has 1 fully saturated rings. The third-order valence-corrected chi connectivity index (χ3v) is 7.14. The first-order valence-corrected chi connectivity index (χ1v) is 12.5. The van der Waals surface area contributed by atoms with Crippen molar-refractivity contribution in [2.45, 2.75) is 105 Å². The summed E-state index contributed by atoms with van der Waals surface area (Å²) in [4.78, 5) is 2.44. The normalized spacial score (nSPS) is 22.5. The van der Waals surface area contributed by atoms with Crippen LogP contribution in [0.3, 0.4) is 0 Å². The lowest BCUT2D eigenvalue weighted by molar-refractivity contribution is 0.397. The van der Waals surface area contributed by atoms with Gasteiger partial charge in [0.15, 0.2) is 0 Å². The lowest BCUT2D eigenvalue weighted by Gasteiger charge is -2.30. The highest BCUT2D eigenvalue weighted by Gasteiger charge is 2.46. The van der Waals surface area contributed by atoms with Crippen LogP contribution < -0.4 is 16.4 Å². The lowest BCUT2D eigenvalue weighted by Crippen LogP contribution is -2.38. The molecular weight excluding hydrogens is 392 g/mol. The van der Waals surface area contributed by atoms with Crippen LogP contribution in [-0.4, -0.2) is 37.1 Å². The second kappa shape index (κ2) is 10.6. The van der Waals surface area contributed by atoms with Crippen LogP contribution >= 0.6 is 0 Å². The largest absolute Gasteiger partial charge is 0.386 e. The molecule has 182 valence electrons. The van der Waals surface area contributed by atoms with Crippen LogP contribution in [0.15, 0.2) is 29.6 Å². The average Bonchev–Trinajstić information content (AvgIpc) is 3.28. The van der Waals surface area contributed by atoms with Crippen molar-refractivity contribution in [2.75, 3.05) is 20.1 Å². The summed E-state index contributed by atoms with van der Waals surface area (Å²) in [6.45, 7) is 22.5. The second-order valence-corrected chi connectivity index (χ2v) is 11.8. The highest BCUT2D eigenvalue weighted by Crippen LogP contribution is 2.43. The van der Waals surface area contributed by atoms with Crippen molar-refractivity contribution in [1.29, 1.82) is 0 Å². The molecule has 0 spiro atoms. The average molecular weight is 443 g/mol. The van der Waals surface area contributed by atoms with Crippen LogP contribution in [0.2, 0.25) is 0 Å². The molecule has 1 aliphatic heterocycles. The van der Waals surface area contributed by atoms with E-state index in [0.29, 0.717) is 18.0 Å². The molecule has 1 heterocycles. The van der Waals surface area contributed by atoms with Gasteiger partial charge in [-0.2, -0.15) is 0 Å². The molecule has 4 nitrogen and oxygen atoms in total. The van der Waals surface area contributed by atoms with Crippen molar-refractivity contribution in [3.05, 3.63) is 46.3 Å². The van der Waals surface area contributed by atoms with Crippen molar-refractivity contribution in [3.63, 3.8) is 0 Å². The van der Waals surface area contributed by atoms with Gasteiger partial charge in [-0.05, 0) is 94.5 Å². The molecule has 32 heavy (non-hydrogen) atoms. The van der Waals surface area contributed by atoms with E-state index in [1.54, 1.807) is 0 Å². The number of nitrogens with one attached hydrogen (secondary N) is 2. The minimum Gasteiger partial charge on any atom is -0.386 e. The first kappa shape index (κ1) is 26.7. The van der Waals surface area contributed by atoms with Crippen LogP contribution in [0.1, 0.15) is 91.8 Å². The third-order valence-electron chi connectivity index (χ3n) is 7.14. The van der Waals surface area contributed by atoms with E-state index in [-0.39, 0.29) is 11.0 Å². The second-order valence-electron chi connectivity index (χ2n) is 11.8. The highest BCUT2D eigenvalue weighted by molar-refractivity contribution is 5.41. The van der Waals surface area contributed by atoms with Gasteiger partial charge in [0.05, 0.1) is 11.4 Å². The fourth-order valence-electron chi connectivity index (χ4n) is 4.97. The van der Waals surface area contributed by atoms with E-state index in [1.807, 2.05) is 13.8 Å². The van der Waals surface area contributed by atoms with Crippen molar-refractivity contribution in [1.82, 2.24) is 15.5 Å². The Hall–Kier alpha value is -1.52. The number of rotatable bonds is 12. The zero-order valence-corrected chi connectivity index (χ0v) is 22.5. The molecule has 1 aromatic rings. The molecule has 0 aliphatic carbocycles. The Morgan fingerprint density at radius 2 is 1.75 bits per heavy atom. The standard InChI is InChI=1S/C28H50N4/c1-19(2)17-27(7,8)24-14-23(15-25(16-24)28(9)18-32(28)10)13-22(6)31-21(5)11-12-30-26(29)20(3)4/h14-16,19,21-22,30-31H,11-13,17-18,29H2,1-10H3. The molecule has 0 radical (unpaired) electrons. The maximum absolute atomic E-state index is 5.99. The van der Waals surface area contributed by atoms with Gasteiger partial charge in [0.1, 0.15) is 0 Å². The van der Waals surface area contributed by atoms with Crippen LogP contribution in [0.4, 0.5) is 0 Å². The fraction of sp³-hybridized carbons (Fsp3) is 0.714. The Morgan fingerprint density at radius 1 is 1.12 bits per heavy atom. The highest BCUT2D eigenvalue weighted by atomic mass is 15.3. The molecule has 4 heteroatoms. The topological polar surface area (TPSA) is 53.1 Å². The molecular formula is C28H50N4. The first-order chi connectivity index (χ1) is 14.7. The van der Waals surface area contributed by atoms with E-state index < -0.39 is 0 Å². The molecule has 1 aromatic carbocycles. The zero-order valence-electron chi connectivity index (χ0n) is 22.5. The molecule has 0 amide bonds. The number of hydrogen-bond donors (Lipinski definition) is 3. The summed E-state index contributed by atoms with van der Waals surface area (Å²) in [6.07, 6.45) is 3.30. The van der Waals surface area contributed by atoms with Gasteiger partial charge < -0.3 is 16.4 Å². The molecule has 0 aromatic heterocycles. The lowest BCUT2D eigenvalue weighted by atomic mass is 9.76. The number of benzene rings is 1. The van der Waals surface area contributed by atoms with Crippen molar-refractivity contribution < 1.29 is 0 Å². The van der Waals surface area contributed by atoms with Crippen molar-refractivity contribution in [2.24, 2.45) is 11.7 Å².